The molecule has 0 atom stereocenters. The average molecular weight is 439 g/mol. The number of aromatic nitrogens is 1. The molecule has 7 heteroatoms. The third-order valence-corrected chi connectivity index (χ3v) is 5.46. The molecule has 0 unspecified atom stereocenters. The van der Waals surface area contributed by atoms with Gasteiger partial charge in [-0.1, -0.05) is 19.9 Å². The Morgan fingerprint density at radius 1 is 1.09 bits per heavy atom. The number of nitrogens with zero attached hydrogens (tertiary/aromatic N) is 3. The summed E-state index contributed by atoms with van der Waals surface area (Å²) in [7, 11) is 0. The standard InChI is InChI=1S/C25H34N4O3/c1-17(2)19-9-10-21(27-23(30)20-8-7-11-26-18(20)3)22(16-19)28-12-14-29(15-13-28)24(31)32-25(4,5)6/h7-11,16-17H,12-15H2,1-6H3,(H,27,30). The van der Waals surface area contributed by atoms with E-state index in [9.17, 15) is 9.59 Å². The van der Waals surface area contributed by atoms with E-state index in [0.717, 1.165) is 11.4 Å². The fraction of sp³-hybridized carbons (Fsp3) is 0.480. The van der Waals surface area contributed by atoms with Crippen molar-refractivity contribution in [3.63, 3.8) is 0 Å². The summed E-state index contributed by atoms with van der Waals surface area (Å²) < 4.78 is 5.51. The number of carbonyl (C=O) groups excluding carboxylic acids is 2. The molecule has 7 nitrogen and oxygen atoms in total. The van der Waals surface area contributed by atoms with Crippen LogP contribution in [0.15, 0.2) is 36.5 Å². The van der Waals surface area contributed by atoms with Gasteiger partial charge in [0.05, 0.1) is 16.9 Å². The number of rotatable bonds is 4. The summed E-state index contributed by atoms with van der Waals surface area (Å²) in [5, 5.41) is 3.07. The minimum absolute atomic E-state index is 0.179. The number of hydrogen-bond acceptors (Lipinski definition) is 5. The topological polar surface area (TPSA) is 74.8 Å². The maximum atomic E-state index is 12.9. The highest BCUT2D eigenvalue weighted by Gasteiger charge is 2.27. The SMILES string of the molecule is Cc1ncccc1C(=O)Nc1ccc(C(C)C)cc1N1CCN(C(=O)OC(C)(C)C)CC1. The number of aryl methyl sites for hydroxylation is 1. The van der Waals surface area contributed by atoms with E-state index in [1.165, 1.54) is 5.56 Å². The molecule has 1 fully saturated rings. The second kappa shape index (κ2) is 9.59. The molecule has 0 saturated carbocycles. The molecule has 1 aliphatic heterocycles. The number of ether oxygens (including phenoxy) is 1. The molecule has 2 amide bonds. The number of amides is 2. The lowest BCUT2D eigenvalue weighted by Gasteiger charge is -2.37. The van der Waals surface area contributed by atoms with Crippen molar-refractivity contribution in [2.75, 3.05) is 36.4 Å². The Hall–Kier alpha value is -3.09. The summed E-state index contributed by atoms with van der Waals surface area (Å²) >= 11 is 0. The van der Waals surface area contributed by atoms with Gasteiger partial charge in [0.25, 0.3) is 5.91 Å². The third-order valence-electron chi connectivity index (χ3n) is 5.46. The second-order valence-corrected chi connectivity index (χ2v) is 9.48. The third kappa shape index (κ3) is 5.78. The highest BCUT2D eigenvalue weighted by molar-refractivity contribution is 6.06. The summed E-state index contributed by atoms with van der Waals surface area (Å²) in [6.07, 6.45) is 1.40. The van der Waals surface area contributed by atoms with Crippen molar-refractivity contribution in [3.8, 4) is 0 Å². The fourth-order valence-corrected chi connectivity index (χ4v) is 3.65. The number of hydrogen-bond donors (Lipinski definition) is 1. The van der Waals surface area contributed by atoms with E-state index in [1.807, 2.05) is 33.8 Å². The van der Waals surface area contributed by atoms with Crippen LogP contribution in [0, 0.1) is 6.92 Å². The van der Waals surface area contributed by atoms with Gasteiger partial charge in [-0.25, -0.2) is 4.79 Å². The van der Waals surface area contributed by atoms with Gasteiger partial charge in [0, 0.05) is 38.1 Å². The number of piperazine rings is 1. The van der Waals surface area contributed by atoms with Gasteiger partial charge < -0.3 is 19.9 Å². The van der Waals surface area contributed by atoms with Crippen molar-refractivity contribution >= 4 is 23.4 Å². The molecule has 1 aliphatic rings. The molecule has 1 N–H and O–H groups in total. The Morgan fingerprint density at radius 2 is 1.78 bits per heavy atom. The zero-order chi connectivity index (χ0) is 23.5. The summed E-state index contributed by atoms with van der Waals surface area (Å²) in [6.45, 7) is 14.2. The smallest absolute Gasteiger partial charge is 0.410 e. The minimum atomic E-state index is -0.512. The predicted octanol–water partition coefficient (Wildman–Crippen LogP) is 4.82. The highest BCUT2D eigenvalue weighted by atomic mass is 16.6. The molecule has 0 aliphatic carbocycles. The molecular weight excluding hydrogens is 404 g/mol. The van der Waals surface area contributed by atoms with E-state index < -0.39 is 5.60 Å². The predicted molar refractivity (Wildman–Crippen MR) is 127 cm³/mol. The van der Waals surface area contributed by atoms with Crippen molar-refractivity contribution in [3.05, 3.63) is 53.3 Å². The van der Waals surface area contributed by atoms with Crippen LogP contribution in [0.4, 0.5) is 16.2 Å². The molecule has 0 spiro atoms. The second-order valence-electron chi connectivity index (χ2n) is 9.48. The number of carbonyl (C=O) groups is 2. The van der Waals surface area contributed by atoms with E-state index in [4.69, 9.17) is 4.74 Å². The van der Waals surface area contributed by atoms with Gasteiger partial charge in [0.2, 0.25) is 0 Å². The Morgan fingerprint density at radius 3 is 2.38 bits per heavy atom. The molecule has 3 rings (SSSR count). The van der Waals surface area contributed by atoms with Crippen LogP contribution in [0.5, 0.6) is 0 Å². The molecule has 32 heavy (non-hydrogen) atoms. The van der Waals surface area contributed by atoms with Gasteiger partial charge in [-0.2, -0.15) is 0 Å². The largest absolute Gasteiger partial charge is 0.444 e. The van der Waals surface area contributed by atoms with Crippen LogP contribution >= 0.6 is 0 Å². The van der Waals surface area contributed by atoms with Gasteiger partial charge in [-0.05, 0) is 63.4 Å². The summed E-state index contributed by atoms with van der Waals surface area (Å²) in [6, 6.07) is 9.70. The lowest BCUT2D eigenvalue weighted by Crippen LogP contribution is -2.50. The first-order valence-corrected chi connectivity index (χ1v) is 11.1. The summed E-state index contributed by atoms with van der Waals surface area (Å²) in [4.78, 5) is 33.5. The van der Waals surface area contributed by atoms with Gasteiger partial charge in [-0.3, -0.25) is 9.78 Å². The highest BCUT2D eigenvalue weighted by Crippen LogP contribution is 2.31. The van der Waals surface area contributed by atoms with Crippen molar-refractivity contribution in [2.24, 2.45) is 0 Å². The van der Waals surface area contributed by atoms with E-state index in [1.54, 1.807) is 23.2 Å². The number of nitrogens with one attached hydrogen (secondary N) is 1. The van der Waals surface area contributed by atoms with Crippen molar-refractivity contribution in [2.45, 2.75) is 53.1 Å². The number of benzene rings is 1. The maximum absolute atomic E-state index is 12.9. The van der Waals surface area contributed by atoms with Crippen molar-refractivity contribution in [1.29, 1.82) is 0 Å². The number of pyridine rings is 1. The van der Waals surface area contributed by atoms with Crippen LogP contribution in [-0.2, 0) is 4.74 Å². The first kappa shape index (κ1) is 23.6. The van der Waals surface area contributed by atoms with Gasteiger partial charge >= 0.3 is 6.09 Å². The molecule has 1 aromatic carbocycles. The number of anilines is 2. The molecule has 0 bridgehead atoms. The normalized spacial score (nSPS) is 14.5. The molecule has 2 aromatic rings. The lowest BCUT2D eigenvalue weighted by molar-refractivity contribution is 0.0240. The van der Waals surface area contributed by atoms with Crippen LogP contribution in [0.3, 0.4) is 0 Å². The summed E-state index contributed by atoms with van der Waals surface area (Å²) in [5.41, 5.74) is 3.66. The summed E-state index contributed by atoms with van der Waals surface area (Å²) in [5.74, 6) is 0.184. The average Bonchev–Trinajstić information content (AvgIpc) is 2.73. The van der Waals surface area contributed by atoms with E-state index in [0.29, 0.717) is 43.4 Å². The molecule has 1 aromatic heterocycles. The molecule has 2 heterocycles. The van der Waals surface area contributed by atoms with Crippen LogP contribution in [0.25, 0.3) is 0 Å². The lowest BCUT2D eigenvalue weighted by atomic mass is 10.0. The quantitative estimate of drug-likeness (QED) is 0.741. The minimum Gasteiger partial charge on any atom is -0.444 e. The van der Waals surface area contributed by atoms with E-state index in [-0.39, 0.29) is 12.0 Å². The van der Waals surface area contributed by atoms with Crippen LogP contribution in [0.1, 0.15) is 62.2 Å². The molecular formula is C25H34N4O3. The molecule has 0 radical (unpaired) electrons. The first-order chi connectivity index (χ1) is 15.0. The fourth-order valence-electron chi connectivity index (χ4n) is 3.65. The van der Waals surface area contributed by atoms with Crippen molar-refractivity contribution < 1.29 is 14.3 Å². The van der Waals surface area contributed by atoms with E-state index >= 15 is 0 Å². The zero-order valence-corrected chi connectivity index (χ0v) is 19.9. The Bertz CT molecular complexity index is 973. The van der Waals surface area contributed by atoms with Crippen LogP contribution < -0.4 is 10.2 Å². The van der Waals surface area contributed by atoms with Gasteiger partial charge in [0.15, 0.2) is 0 Å². The van der Waals surface area contributed by atoms with Crippen molar-refractivity contribution in [1.82, 2.24) is 9.88 Å². The Kier molecular flexibility index (Phi) is 7.06. The Balaban J connectivity index is 1.79. The molecule has 172 valence electrons. The van der Waals surface area contributed by atoms with Crippen LogP contribution in [-0.4, -0.2) is 53.7 Å². The first-order valence-electron chi connectivity index (χ1n) is 11.1. The van der Waals surface area contributed by atoms with E-state index in [2.05, 4.69) is 41.2 Å². The maximum Gasteiger partial charge on any atom is 0.410 e. The van der Waals surface area contributed by atoms with Gasteiger partial charge in [-0.15, -0.1) is 0 Å². The Labute approximate surface area is 190 Å². The molecule has 1 saturated heterocycles. The van der Waals surface area contributed by atoms with Gasteiger partial charge in [0.1, 0.15) is 5.60 Å². The monoisotopic (exact) mass is 438 g/mol. The zero-order valence-electron chi connectivity index (χ0n) is 19.9. The van der Waals surface area contributed by atoms with Crippen LogP contribution in [0.2, 0.25) is 0 Å².